The zero-order valence-corrected chi connectivity index (χ0v) is 45.5. The molecule has 0 heterocycles. The van der Waals surface area contributed by atoms with E-state index in [1.165, 1.54) is 129 Å². The van der Waals surface area contributed by atoms with Gasteiger partial charge in [0.2, 0.25) is 0 Å². The van der Waals surface area contributed by atoms with Crippen molar-refractivity contribution in [1.29, 1.82) is 0 Å². The fourth-order valence-corrected chi connectivity index (χ4v) is 7.95. The van der Waals surface area contributed by atoms with Crippen LogP contribution in [0.5, 0.6) is 0 Å². The van der Waals surface area contributed by atoms with Gasteiger partial charge in [-0.05, 0) is 36.8 Å². The number of esters is 2. The molecular weight excluding hydrogens is 946 g/mol. The number of benzene rings is 2. The van der Waals surface area contributed by atoms with Crippen LogP contribution in [-0.4, -0.2) is 97.2 Å². The number of carboxylic acid groups (broad SMARTS) is 2. The number of hydrogen-bond acceptors (Lipinski definition) is 10. The Morgan fingerprint density at radius 3 is 0.969 bits per heavy atom. The largest absolute Gasteiger partial charge is 2.00 e. The predicted molar refractivity (Wildman–Crippen MR) is 258 cm³/mol. The number of aliphatic carboxylic acids is 2. The van der Waals surface area contributed by atoms with Crippen LogP contribution >= 0.6 is 0 Å². The summed E-state index contributed by atoms with van der Waals surface area (Å²) in [4.78, 5) is 45.5. The van der Waals surface area contributed by atoms with Gasteiger partial charge in [0.15, 0.2) is 0 Å². The van der Waals surface area contributed by atoms with Crippen LogP contribution in [0, 0.1) is 0 Å². The normalized spacial score (nSPS) is 12.7. The van der Waals surface area contributed by atoms with Crippen molar-refractivity contribution >= 4 is 72.8 Å². The zero-order chi connectivity index (χ0) is 46.9. The number of ether oxygens (including phenoxy) is 4. The molecule has 0 aliphatic heterocycles. The van der Waals surface area contributed by atoms with Crippen LogP contribution < -0.4 is 10.2 Å². The van der Waals surface area contributed by atoms with Crippen LogP contribution in [0.3, 0.4) is 0 Å². The third kappa shape index (κ3) is 40.6. The molecule has 11 heteroatoms. The van der Waals surface area contributed by atoms with Gasteiger partial charge in [-0.1, -0.05) is 203 Å². The van der Waals surface area contributed by atoms with Crippen LogP contribution in [0.15, 0.2) is 60.7 Å². The maximum Gasteiger partial charge on any atom is 2.00 e. The number of carboxylic acids is 2. The Morgan fingerprint density at radius 1 is 0.431 bits per heavy atom. The van der Waals surface area contributed by atoms with Crippen molar-refractivity contribution in [2.75, 3.05) is 0 Å². The van der Waals surface area contributed by atoms with Crippen molar-refractivity contribution in [3.63, 3.8) is 0 Å². The first-order valence-corrected chi connectivity index (χ1v) is 25.1. The van der Waals surface area contributed by atoms with Gasteiger partial charge in [0, 0.05) is 51.5 Å². The average molecular weight is 1030 g/mol. The van der Waals surface area contributed by atoms with Gasteiger partial charge in [0.25, 0.3) is 0 Å². The standard InChI is InChI=1S/2C27H44O5.Ba/c2*1-3-4-5-6-7-8-9-10-11-12-16-19-25(32-23(2)28)20-26(21-27(29)30)31-22-24-17-14-13-15-18-24;/h2*13-15,17-18,25-26H,3-12,16,19-22H2,1-2H3,(H,29,30);/q;;+2/p-2. The Labute approximate surface area is 434 Å². The Kier molecular flexibility index (Phi) is 42.8. The second kappa shape index (κ2) is 44.3. The van der Waals surface area contributed by atoms with Crippen molar-refractivity contribution in [3.8, 4) is 0 Å². The smallest absolute Gasteiger partial charge is 0.550 e. The summed E-state index contributed by atoms with van der Waals surface area (Å²) >= 11 is 0. The van der Waals surface area contributed by atoms with Crippen LogP contribution in [0.4, 0.5) is 0 Å². The summed E-state index contributed by atoms with van der Waals surface area (Å²) in [5.41, 5.74) is 1.95. The molecule has 0 aromatic heterocycles. The third-order valence-electron chi connectivity index (χ3n) is 11.4. The average Bonchev–Trinajstić information content (AvgIpc) is 3.26. The SMILES string of the molecule is CCCCCCCCCCCCCC(CC(CC(=O)[O-])OCc1ccccc1)OC(C)=O.CCCCCCCCCCCCCC(CC(CC(=O)[O-])OCc1ccccc1)OC(C)=O.[Ba+2]. The molecule has 0 spiro atoms. The monoisotopic (exact) mass is 1030 g/mol. The van der Waals surface area contributed by atoms with Crippen LogP contribution in [0.25, 0.3) is 0 Å². The van der Waals surface area contributed by atoms with E-state index in [9.17, 15) is 29.4 Å². The maximum atomic E-state index is 11.5. The number of unbranched alkanes of at least 4 members (excludes halogenated alkanes) is 20. The van der Waals surface area contributed by atoms with Gasteiger partial charge in [-0.2, -0.15) is 0 Å². The molecule has 4 atom stereocenters. The van der Waals surface area contributed by atoms with Crippen molar-refractivity contribution in [2.24, 2.45) is 0 Å². The van der Waals surface area contributed by atoms with E-state index in [-0.39, 0.29) is 85.9 Å². The maximum absolute atomic E-state index is 11.5. The van der Waals surface area contributed by atoms with Gasteiger partial charge in [-0.15, -0.1) is 0 Å². The molecule has 0 amide bonds. The molecule has 0 N–H and O–H groups in total. The van der Waals surface area contributed by atoms with E-state index in [1.54, 1.807) is 0 Å². The molecule has 2 aromatic rings. The summed E-state index contributed by atoms with van der Waals surface area (Å²) in [6, 6.07) is 19.3. The predicted octanol–water partition coefficient (Wildman–Crippen LogP) is 11.1. The summed E-state index contributed by atoms with van der Waals surface area (Å²) in [5, 5.41) is 22.4. The Hall–Kier alpha value is -2.19. The Morgan fingerprint density at radius 2 is 0.708 bits per heavy atom. The summed E-state index contributed by atoms with van der Waals surface area (Å²) in [5.74, 6) is -2.99. The fraction of sp³-hybridized carbons (Fsp3) is 0.704. The third-order valence-corrected chi connectivity index (χ3v) is 11.4. The van der Waals surface area contributed by atoms with Gasteiger partial charge in [0.05, 0.1) is 25.4 Å². The molecule has 0 aliphatic rings. The second-order valence-electron chi connectivity index (χ2n) is 17.6. The molecule has 2 aromatic carbocycles. The molecule has 0 fully saturated rings. The quantitative estimate of drug-likeness (QED) is 0.0358. The number of carbonyl (C=O) groups is 4. The van der Waals surface area contributed by atoms with Gasteiger partial charge in [-0.25, -0.2) is 0 Å². The summed E-state index contributed by atoms with van der Waals surface area (Å²) in [6.45, 7) is 7.92. The molecule has 0 bridgehead atoms. The second-order valence-corrected chi connectivity index (χ2v) is 17.6. The van der Waals surface area contributed by atoms with E-state index >= 15 is 0 Å². The first-order chi connectivity index (χ1) is 31.0. The molecule has 2 rings (SSSR count). The van der Waals surface area contributed by atoms with Crippen LogP contribution in [0.2, 0.25) is 0 Å². The number of hydrogen-bond donors (Lipinski definition) is 0. The molecule has 4 unspecified atom stereocenters. The molecule has 10 nitrogen and oxygen atoms in total. The van der Waals surface area contributed by atoms with Crippen molar-refractivity contribution in [1.82, 2.24) is 0 Å². The summed E-state index contributed by atoms with van der Waals surface area (Å²) in [6.07, 6.45) is 27.7. The first kappa shape index (κ1) is 62.8. The van der Waals surface area contributed by atoms with E-state index < -0.39 is 24.1 Å². The van der Waals surface area contributed by atoms with Crippen molar-refractivity contribution in [3.05, 3.63) is 71.8 Å². The zero-order valence-electron chi connectivity index (χ0n) is 41.1. The van der Waals surface area contributed by atoms with E-state index in [2.05, 4.69) is 13.8 Å². The molecule has 0 saturated heterocycles. The van der Waals surface area contributed by atoms with Crippen molar-refractivity contribution < 1.29 is 48.3 Å². The minimum Gasteiger partial charge on any atom is -0.550 e. The van der Waals surface area contributed by atoms with Crippen LogP contribution in [-0.2, 0) is 51.3 Å². The summed E-state index contributed by atoms with van der Waals surface area (Å²) < 4.78 is 22.6. The van der Waals surface area contributed by atoms with Gasteiger partial charge in [0.1, 0.15) is 12.2 Å². The van der Waals surface area contributed by atoms with E-state index in [1.807, 2.05) is 60.7 Å². The Balaban J connectivity index is 0.00000124. The minimum absolute atomic E-state index is 0. The van der Waals surface area contributed by atoms with Gasteiger partial charge in [-0.3, -0.25) is 9.59 Å². The molecule has 0 radical (unpaired) electrons. The molecular formula is C54H86BaO10. The summed E-state index contributed by atoms with van der Waals surface area (Å²) in [7, 11) is 0. The number of carbonyl (C=O) groups excluding carboxylic acids is 4. The van der Waals surface area contributed by atoms with E-state index in [0.29, 0.717) is 26.1 Å². The minimum atomic E-state index is -1.15. The molecule has 0 aliphatic carbocycles. The molecule has 0 saturated carbocycles. The van der Waals surface area contributed by atoms with Crippen molar-refractivity contribution in [2.45, 2.75) is 245 Å². The first-order valence-electron chi connectivity index (χ1n) is 25.1. The Bertz CT molecular complexity index is 1320. The van der Waals surface area contributed by atoms with E-state index in [4.69, 9.17) is 18.9 Å². The molecule has 364 valence electrons. The molecule has 65 heavy (non-hydrogen) atoms. The van der Waals surface area contributed by atoms with Crippen LogP contribution in [0.1, 0.15) is 219 Å². The van der Waals surface area contributed by atoms with E-state index in [0.717, 1.165) is 49.7 Å². The van der Waals surface area contributed by atoms with Gasteiger partial charge >= 0.3 is 60.8 Å². The number of rotatable bonds is 40. The fourth-order valence-electron chi connectivity index (χ4n) is 7.95. The van der Waals surface area contributed by atoms with Gasteiger partial charge < -0.3 is 38.7 Å². The topological polar surface area (TPSA) is 151 Å².